The molecule has 0 saturated heterocycles. The van der Waals surface area contributed by atoms with Crippen molar-refractivity contribution in [3.63, 3.8) is 0 Å². The third-order valence-corrected chi connectivity index (χ3v) is 6.88. The standard InChI is InChI=1S/C29H30BrNO4/c1-3-20-7-9-21(10-8-20)17-29(2)18-24-16-23(11-12-26(24)35-29)28(34)31(14-13-27(32)33)19-22-5-4-6-25(30)15-22/h4-12,15-16H,3,13-14,17-19H2,1-2H3,(H,32,33)/t29-/m1/s1. The maximum atomic E-state index is 13.4. The zero-order valence-corrected chi connectivity index (χ0v) is 21.7. The Kier molecular flexibility index (Phi) is 7.60. The predicted molar refractivity (Wildman–Crippen MR) is 140 cm³/mol. The summed E-state index contributed by atoms with van der Waals surface area (Å²) in [5.74, 6) is -0.307. The molecule has 0 aliphatic carbocycles. The van der Waals surface area contributed by atoms with E-state index in [1.807, 2.05) is 36.4 Å². The Morgan fingerprint density at radius 3 is 2.46 bits per heavy atom. The van der Waals surface area contributed by atoms with Gasteiger partial charge in [-0.3, -0.25) is 9.59 Å². The number of aliphatic carboxylic acids is 1. The second-order valence-corrected chi connectivity index (χ2v) is 10.3. The first-order valence-electron chi connectivity index (χ1n) is 11.9. The molecule has 0 aromatic heterocycles. The molecule has 4 rings (SSSR count). The van der Waals surface area contributed by atoms with Crippen LogP contribution in [0.2, 0.25) is 0 Å². The molecule has 1 aliphatic heterocycles. The number of hydrogen-bond donors (Lipinski definition) is 1. The van der Waals surface area contributed by atoms with Crippen molar-refractivity contribution in [3.05, 3.63) is 99.0 Å². The van der Waals surface area contributed by atoms with Crippen molar-refractivity contribution in [2.75, 3.05) is 6.54 Å². The van der Waals surface area contributed by atoms with Gasteiger partial charge in [0, 0.05) is 36.0 Å². The van der Waals surface area contributed by atoms with Crippen LogP contribution in [0.4, 0.5) is 0 Å². The molecule has 182 valence electrons. The van der Waals surface area contributed by atoms with Crippen LogP contribution in [0, 0.1) is 0 Å². The van der Waals surface area contributed by atoms with Crippen LogP contribution in [0.3, 0.4) is 0 Å². The first-order chi connectivity index (χ1) is 16.7. The Bertz CT molecular complexity index is 1220. The molecule has 0 radical (unpaired) electrons. The van der Waals surface area contributed by atoms with Crippen molar-refractivity contribution in [1.29, 1.82) is 0 Å². The number of fused-ring (bicyclic) bond motifs is 1. The van der Waals surface area contributed by atoms with Crippen LogP contribution in [-0.2, 0) is 30.6 Å². The number of halogens is 1. The van der Waals surface area contributed by atoms with E-state index in [9.17, 15) is 14.7 Å². The van der Waals surface area contributed by atoms with Crippen LogP contribution in [-0.4, -0.2) is 34.0 Å². The fourth-order valence-corrected chi connectivity index (χ4v) is 5.05. The fourth-order valence-electron chi connectivity index (χ4n) is 4.60. The number of nitrogens with zero attached hydrogens (tertiary/aromatic N) is 1. The van der Waals surface area contributed by atoms with E-state index < -0.39 is 5.97 Å². The van der Waals surface area contributed by atoms with Gasteiger partial charge in [-0.15, -0.1) is 0 Å². The summed E-state index contributed by atoms with van der Waals surface area (Å²) in [6, 6.07) is 21.9. The van der Waals surface area contributed by atoms with E-state index in [4.69, 9.17) is 4.74 Å². The van der Waals surface area contributed by atoms with Crippen molar-refractivity contribution in [3.8, 4) is 5.75 Å². The molecule has 3 aromatic rings. The molecule has 35 heavy (non-hydrogen) atoms. The first kappa shape index (κ1) is 25.0. The van der Waals surface area contributed by atoms with Gasteiger partial charge < -0.3 is 14.7 Å². The van der Waals surface area contributed by atoms with Gasteiger partial charge in [-0.05, 0) is 65.9 Å². The topological polar surface area (TPSA) is 66.8 Å². The highest BCUT2D eigenvalue weighted by Gasteiger charge is 2.35. The van der Waals surface area contributed by atoms with Crippen LogP contribution in [0.25, 0.3) is 0 Å². The number of rotatable bonds is 9. The van der Waals surface area contributed by atoms with Crippen molar-refractivity contribution in [1.82, 2.24) is 4.90 Å². The quantitative estimate of drug-likeness (QED) is 0.361. The SMILES string of the molecule is CCc1ccc(C[C@]2(C)Cc3cc(C(=O)N(CCC(=O)O)Cc4cccc(Br)c4)ccc3O2)cc1. The molecule has 1 amide bonds. The summed E-state index contributed by atoms with van der Waals surface area (Å²) in [6.07, 6.45) is 2.40. The fraction of sp³-hybridized carbons (Fsp3) is 0.310. The Morgan fingerprint density at radius 1 is 1.03 bits per heavy atom. The van der Waals surface area contributed by atoms with Gasteiger partial charge >= 0.3 is 5.97 Å². The second kappa shape index (κ2) is 10.6. The molecular weight excluding hydrogens is 506 g/mol. The molecule has 0 spiro atoms. The highest BCUT2D eigenvalue weighted by molar-refractivity contribution is 9.10. The number of ether oxygens (including phenoxy) is 1. The third-order valence-electron chi connectivity index (χ3n) is 6.38. The van der Waals surface area contributed by atoms with E-state index in [1.54, 1.807) is 11.0 Å². The maximum Gasteiger partial charge on any atom is 0.305 e. The van der Waals surface area contributed by atoms with E-state index in [1.165, 1.54) is 11.1 Å². The number of aryl methyl sites for hydroxylation is 1. The lowest BCUT2D eigenvalue weighted by Gasteiger charge is -2.24. The number of amides is 1. The summed E-state index contributed by atoms with van der Waals surface area (Å²) in [5.41, 5.74) is 4.64. The number of carboxylic acids is 1. The largest absolute Gasteiger partial charge is 0.487 e. The second-order valence-electron chi connectivity index (χ2n) is 9.40. The number of carboxylic acid groups (broad SMARTS) is 1. The number of carbonyl (C=O) groups is 2. The zero-order chi connectivity index (χ0) is 25.0. The van der Waals surface area contributed by atoms with Gasteiger partial charge in [-0.25, -0.2) is 0 Å². The summed E-state index contributed by atoms with van der Waals surface area (Å²) in [5, 5.41) is 9.20. The van der Waals surface area contributed by atoms with Gasteiger partial charge in [0.15, 0.2) is 0 Å². The lowest BCUT2D eigenvalue weighted by molar-refractivity contribution is -0.137. The Balaban J connectivity index is 1.51. The summed E-state index contributed by atoms with van der Waals surface area (Å²) < 4.78 is 7.25. The minimum absolute atomic E-state index is 0.108. The molecule has 3 aromatic carbocycles. The van der Waals surface area contributed by atoms with Gasteiger partial charge in [-0.2, -0.15) is 0 Å². The zero-order valence-electron chi connectivity index (χ0n) is 20.1. The molecule has 1 heterocycles. The van der Waals surface area contributed by atoms with Crippen LogP contribution in [0.15, 0.2) is 71.2 Å². The molecule has 0 saturated carbocycles. The molecule has 5 nitrogen and oxygen atoms in total. The van der Waals surface area contributed by atoms with Crippen LogP contribution in [0.5, 0.6) is 5.75 Å². The number of benzene rings is 3. The summed E-state index contributed by atoms with van der Waals surface area (Å²) >= 11 is 3.46. The van der Waals surface area contributed by atoms with E-state index in [2.05, 4.69) is 54.0 Å². The number of carbonyl (C=O) groups excluding carboxylic acids is 1. The Hall–Kier alpha value is -3.12. The van der Waals surface area contributed by atoms with Crippen LogP contribution >= 0.6 is 15.9 Å². The summed E-state index contributed by atoms with van der Waals surface area (Å²) in [6.45, 7) is 4.73. The third kappa shape index (κ3) is 6.31. The van der Waals surface area contributed by atoms with Crippen molar-refractivity contribution in [2.45, 2.75) is 51.7 Å². The van der Waals surface area contributed by atoms with Crippen molar-refractivity contribution >= 4 is 27.8 Å². The van der Waals surface area contributed by atoms with E-state index in [0.29, 0.717) is 18.5 Å². The van der Waals surface area contributed by atoms with Gasteiger partial charge in [0.1, 0.15) is 11.4 Å². The highest BCUT2D eigenvalue weighted by atomic mass is 79.9. The lowest BCUT2D eigenvalue weighted by atomic mass is 9.91. The maximum absolute atomic E-state index is 13.4. The number of hydrogen-bond acceptors (Lipinski definition) is 3. The molecule has 0 fully saturated rings. The Morgan fingerprint density at radius 2 is 1.77 bits per heavy atom. The molecule has 0 unspecified atom stereocenters. The molecule has 1 atom stereocenters. The average molecular weight is 536 g/mol. The minimum atomic E-state index is -0.929. The molecule has 1 N–H and O–H groups in total. The van der Waals surface area contributed by atoms with Gasteiger partial charge in [-0.1, -0.05) is 59.3 Å². The van der Waals surface area contributed by atoms with Crippen molar-refractivity contribution < 1.29 is 19.4 Å². The Labute approximate surface area is 214 Å². The normalized spacial score (nSPS) is 16.4. The summed E-state index contributed by atoms with van der Waals surface area (Å²) in [4.78, 5) is 26.3. The lowest BCUT2D eigenvalue weighted by Crippen LogP contribution is -2.33. The molecular formula is C29H30BrNO4. The van der Waals surface area contributed by atoms with E-state index in [-0.39, 0.29) is 24.5 Å². The monoisotopic (exact) mass is 535 g/mol. The average Bonchev–Trinajstić information content (AvgIpc) is 3.16. The van der Waals surface area contributed by atoms with Crippen LogP contribution in [0.1, 0.15) is 52.9 Å². The van der Waals surface area contributed by atoms with Gasteiger partial charge in [0.25, 0.3) is 5.91 Å². The molecule has 1 aliphatic rings. The van der Waals surface area contributed by atoms with Crippen LogP contribution < -0.4 is 4.74 Å². The van der Waals surface area contributed by atoms with E-state index in [0.717, 1.165) is 34.2 Å². The smallest absolute Gasteiger partial charge is 0.305 e. The molecule has 0 bridgehead atoms. The summed E-state index contributed by atoms with van der Waals surface area (Å²) in [7, 11) is 0. The van der Waals surface area contributed by atoms with Gasteiger partial charge in [0.05, 0.1) is 6.42 Å². The molecule has 6 heteroatoms. The van der Waals surface area contributed by atoms with Gasteiger partial charge in [0.2, 0.25) is 0 Å². The minimum Gasteiger partial charge on any atom is -0.487 e. The van der Waals surface area contributed by atoms with Crippen molar-refractivity contribution in [2.24, 2.45) is 0 Å². The highest BCUT2D eigenvalue weighted by Crippen LogP contribution is 2.37. The van der Waals surface area contributed by atoms with E-state index >= 15 is 0 Å². The first-order valence-corrected chi connectivity index (χ1v) is 12.7. The predicted octanol–water partition coefficient (Wildman–Crippen LogP) is 6.06.